The first-order valence-corrected chi connectivity index (χ1v) is 8.52. The van der Waals surface area contributed by atoms with Gasteiger partial charge in [-0.3, -0.25) is 9.59 Å². The number of para-hydroxylation sites is 1. The van der Waals surface area contributed by atoms with Crippen molar-refractivity contribution in [1.29, 1.82) is 0 Å². The molecule has 6 heteroatoms. The van der Waals surface area contributed by atoms with Crippen LogP contribution in [0.1, 0.15) is 37.6 Å². The van der Waals surface area contributed by atoms with Crippen molar-refractivity contribution in [1.82, 2.24) is 14.5 Å². The van der Waals surface area contributed by atoms with Gasteiger partial charge in [-0.05, 0) is 25.5 Å². The van der Waals surface area contributed by atoms with Crippen LogP contribution in [0.25, 0.3) is 0 Å². The van der Waals surface area contributed by atoms with E-state index in [-0.39, 0.29) is 24.3 Å². The van der Waals surface area contributed by atoms with Crippen molar-refractivity contribution in [3.63, 3.8) is 0 Å². The largest absolute Gasteiger partial charge is 0.337 e. The fourth-order valence-corrected chi connectivity index (χ4v) is 3.28. The highest BCUT2D eigenvalue weighted by molar-refractivity contribution is 6.02. The Morgan fingerprint density at radius 2 is 2.04 bits per heavy atom. The molecule has 2 heterocycles. The monoisotopic (exact) mass is 340 g/mol. The van der Waals surface area contributed by atoms with Gasteiger partial charge in [0.15, 0.2) is 0 Å². The Balaban J connectivity index is 1.93. The van der Waals surface area contributed by atoms with Crippen LogP contribution in [0.2, 0.25) is 0 Å². The normalized spacial score (nSPS) is 16.9. The molecule has 0 fully saturated rings. The van der Waals surface area contributed by atoms with Crippen LogP contribution in [0.5, 0.6) is 0 Å². The number of rotatable bonds is 4. The molecule has 2 amide bonds. The van der Waals surface area contributed by atoms with Crippen LogP contribution < -0.4 is 4.90 Å². The molecule has 0 bridgehead atoms. The predicted molar refractivity (Wildman–Crippen MR) is 96.1 cm³/mol. The number of carbonyl (C=O) groups is 2. The van der Waals surface area contributed by atoms with Crippen LogP contribution in [0.15, 0.2) is 36.7 Å². The zero-order valence-corrected chi connectivity index (χ0v) is 15.1. The first-order valence-electron chi connectivity index (χ1n) is 8.52. The van der Waals surface area contributed by atoms with Gasteiger partial charge in [-0.15, -0.1) is 0 Å². The summed E-state index contributed by atoms with van der Waals surface area (Å²) in [4.78, 5) is 33.5. The van der Waals surface area contributed by atoms with Crippen LogP contribution in [0.4, 0.5) is 5.69 Å². The maximum Gasteiger partial charge on any atom is 0.231 e. The third-order valence-corrected chi connectivity index (χ3v) is 4.86. The van der Waals surface area contributed by atoms with Crippen LogP contribution >= 0.6 is 0 Å². The van der Waals surface area contributed by atoms with E-state index in [1.807, 2.05) is 60.8 Å². The van der Waals surface area contributed by atoms with Gasteiger partial charge in [-0.2, -0.15) is 0 Å². The van der Waals surface area contributed by atoms with Gasteiger partial charge in [0, 0.05) is 44.6 Å². The average molecular weight is 340 g/mol. The second kappa shape index (κ2) is 6.70. The highest BCUT2D eigenvalue weighted by atomic mass is 16.2. The molecule has 1 atom stereocenters. The standard InChI is InChI=1S/C19H24N4O2/c1-13(2)23(12-17-20-9-10-21(17)3)19(25)15-11-18(24)22(4)16-8-6-5-7-14(15)16/h5-10,13,15H,11-12H2,1-4H3/t15-/m0/s1. The molecule has 2 aromatic rings. The van der Waals surface area contributed by atoms with E-state index in [0.29, 0.717) is 6.54 Å². The minimum atomic E-state index is -0.442. The topological polar surface area (TPSA) is 58.4 Å². The third kappa shape index (κ3) is 3.16. The van der Waals surface area contributed by atoms with Gasteiger partial charge >= 0.3 is 0 Å². The summed E-state index contributed by atoms with van der Waals surface area (Å²) in [6.07, 6.45) is 3.80. The Morgan fingerprint density at radius 1 is 1.32 bits per heavy atom. The molecule has 132 valence electrons. The Morgan fingerprint density at radius 3 is 2.68 bits per heavy atom. The van der Waals surface area contributed by atoms with E-state index < -0.39 is 5.92 Å². The first kappa shape index (κ1) is 17.2. The number of aryl methyl sites for hydroxylation is 1. The summed E-state index contributed by atoms with van der Waals surface area (Å²) in [6, 6.07) is 7.67. The molecular weight excluding hydrogens is 316 g/mol. The molecule has 25 heavy (non-hydrogen) atoms. The molecule has 0 spiro atoms. The van der Waals surface area contributed by atoms with Crippen molar-refractivity contribution in [2.75, 3.05) is 11.9 Å². The fourth-order valence-electron chi connectivity index (χ4n) is 3.28. The second-order valence-corrected chi connectivity index (χ2v) is 6.78. The van der Waals surface area contributed by atoms with E-state index >= 15 is 0 Å². The zero-order valence-electron chi connectivity index (χ0n) is 15.1. The number of anilines is 1. The molecule has 6 nitrogen and oxygen atoms in total. The zero-order chi connectivity index (χ0) is 18.1. The number of hydrogen-bond donors (Lipinski definition) is 0. The highest BCUT2D eigenvalue weighted by Crippen LogP contribution is 2.36. The molecule has 1 aromatic carbocycles. The lowest BCUT2D eigenvalue weighted by Crippen LogP contribution is -2.44. The predicted octanol–water partition coefficient (Wildman–Crippen LogP) is 2.31. The van der Waals surface area contributed by atoms with Crippen molar-refractivity contribution in [3.05, 3.63) is 48.0 Å². The summed E-state index contributed by atoms with van der Waals surface area (Å²) in [6.45, 7) is 4.41. The van der Waals surface area contributed by atoms with Crippen LogP contribution in [0.3, 0.4) is 0 Å². The SMILES string of the molecule is CC(C)N(Cc1nccn1C)C(=O)[C@H]1CC(=O)N(C)c2ccccc21. The summed E-state index contributed by atoms with van der Waals surface area (Å²) in [5.74, 6) is 0.335. The smallest absolute Gasteiger partial charge is 0.231 e. The lowest BCUT2D eigenvalue weighted by Gasteiger charge is -2.35. The van der Waals surface area contributed by atoms with E-state index in [1.54, 1.807) is 18.1 Å². The maximum absolute atomic E-state index is 13.3. The van der Waals surface area contributed by atoms with E-state index in [1.165, 1.54) is 0 Å². The number of imidazole rings is 1. The van der Waals surface area contributed by atoms with Gasteiger partial charge < -0.3 is 14.4 Å². The van der Waals surface area contributed by atoms with Crippen LogP contribution in [-0.4, -0.2) is 39.4 Å². The van der Waals surface area contributed by atoms with Gasteiger partial charge in [0.25, 0.3) is 0 Å². The summed E-state index contributed by atoms with van der Waals surface area (Å²) in [5.41, 5.74) is 1.73. The summed E-state index contributed by atoms with van der Waals surface area (Å²) in [5, 5.41) is 0. The molecule has 0 saturated heterocycles. The van der Waals surface area contributed by atoms with Crippen LogP contribution in [-0.2, 0) is 23.2 Å². The summed E-state index contributed by atoms with van der Waals surface area (Å²) >= 11 is 0. The van der Waals surface area contributed by atoms with Crippen LogP contribution in [0, 0.1) is 0 Å². The van der Waals surface area contributed by atoms with E-state index in [0.717, 1.165) is 17.1 Å². The van der Waals surface area contributed by atoms with Gasteiger partial charge in [0.2, 0.25) is 11.8 Å². The fraction of sp³-hybridized carbons (Fsp3) is 0.421. The number of hydrogen-bond acceptors (Lipinski definition) is 3. The molecule has 0 unspecified atom stereocenters. The lowest BCUT2D eigenvalue weighted by atomic mass is 9.88. The first-order chi connectivity index (χ1) is 11.9. The molecule has 3 rings (SSSR count). The molecule has 0 aliphatic carbocycles. The number of fused-ring (bicyclic) bond motifs is 1. The lowest BCUT2D eigenvalue weighted by molar-refractivity contribution is -0.137. The number of amides is 2. The van der Waals surface area contributed by atoms with E-state index in [4.69, 9.17) is 0 Å². The third-order valence-electron chi connectivity index (χ3n) is 4.86. The van der Waals surface area contributed by atoms with E-state index in [9.17, 15) is 9.59 Å². The van der Waals surface area contributed by atoms with Crippen molar-refractivity contribution in [3.8, 4) is 0 Å². The molecule has 0 saturated carbocycles. The number of aromatic nitrogens is 2. The van der Waals surface area contributed by atoms with Gasteiger partial charge in [0.05, 0.1) is 12.5 Å². The van der Waals surface area contributed by atoms with Gasteiger partial charge in [0.1, 0.15) is 5.82 Å². The van der Waals surface area contributed by atoms with Crippen molar-refractivity contribution in [2.45, 2.75) is 38.8 Å². The molecule has 1 aliphatic rings. The number of nitrogens with zero attached hydrogens (tertiary/aromatic N) is 4. The quantitative estimate of drug-likeness (QED) is 0.858. The van der Waals surface area contributed by atoms with E-state index in [2.05, 4.69) is 4.98 Å². The summed E-state index contributed by atoms with van der Waals surface area (Å²) < 4.78 is 1.91. The van der Waals surface area contributed by atoms with Gasteiger partial charge in [-0.25, -0.2) is 4.98 Å². The van der Waals surface area contributed by atoms with Crippen molar-refractivity contribution < 1.29 is 9.59 Å². The Hall–Kier alpha value is -2.63. The Labute approximate surface area is 148 Å². The highest BCUT2D eigenvalue weighted by Gasteiger charge is 2.36. The average Bonchev–Trinajstić information content (AvgIpc) is 3.00. The minimum Gasteiger partial charge on any atom is -0.337 e. The Bertz CT molecular complexity index is 796. The molecule has 0 radical (unpaired) electrons. The number of carbonyl (C=O) groups excluding carboxylic acids is 2. The number of benzene rings is 1. The molecule has 0 N–H and O–H groups in total. The molecule has 1 aromatic heterocycles. The van der Waals surface area contributed by atoms with Gasteiger partial charge in [-0.1, -0.05) is 18.2 Å². The second-order valence-electron chi connectivity index (χ2n) is 6.78. The summed E-state index contributed by atoms with van der Waals surface area (Å²) in [7, 11) is 3.68. The molecular formula is C19H24N4O2. The van der Waals surface area contributed by atoms with Crippen molar-refractivity contribution in [2.24, 2.45) is 7.05 Å². The minimum absolute atomic E-state index is 0.0196. The van der Waals surface area contributed by atoms with Crippen molar-refractivity contribution >= 4 is 17.5 Å². The Kier molecular flexibility index (Phi) is 4.61. The maximum atomic E-state index is 13.3. The molecule has 1 aliphatic heterocycles.